The van der Waals surface area contributed by atoms with Gasteiger partial charge in [0.1, 0.15) is 11.8 Å². The molecule has 3 heterocycles. The topological polar surface area (TPSA) is 69.7 Å². The lowest BCUT2D eigenvalue weighted by Crippen LogP contribution is -2.38. The summed E-state index contributed by atoms with van der Waals surface area (Å²) < 4.78 is 0. The van der Waals surface area contributed by atoms with Gasteiger partial charge in [-0.3, -0.25) is 0 Å². The van der Waals surface area contributed by atoms with E-state index in [1.54, 1.807) is 12.7 Å². The molecule has 6 heteroatoms. The van der Waals surface area contributed by atoms with Crippen LogP contribution < -0.4 is 10.2 Å². The highest BCUT2D eigenvalue weighted by molar-refractivity contribution is 5.82. The van der Waals surface area contributed by atoms with E-state index in [2.05, 4.69) is 30.2 Å². The average molecular weight is 272 g/mol. The summed E-state index contributed by atoms with van der Waals surface area (Å²) in [5.41, 5.74) is 1.72. The van der Waals surface area contributed by atoms with Gasteiger partial charge in [0.2, 0.25) is 0 Å². The van der Waals surface area contributed by atoms with Crippen LogP contribution in [-0.2, 0) is 0 Å². The van der Waals surface area contributed by atoms with E-state index >= 15 is 0 Å². The Kier molecular flexibility index (Phi) is 3.03. The van der Waals surface area contributed by atoms with Gasteiger partial charge in [-0.25, -0.2) is 15.0 Å². The molecular weight excluding hydrogens is 252 g/mol. The number of rotatable bonds is 4. The van der Waals surface area contributed by atoms with Crippen molar-refractivity contribution in [1.29, 1.82) is 0 Å². The molecule has 2 N–H and O–H groups in total. The van der Waals surface area contributed by atoms with Crippen molar-refractivity contribution in [2.75, 3.05) is 24.5 Å². The van der Waals surface area contributed by atoms with Crippen LogP contribution in [0.5, 0.6) is 0 Å². The summed E-state index contributed by atoms with van der Waals surface area (Å²) in [6, 6.07) is 0.819. The van der Waals surface area contributed by atoms with E-state index < -0.39 is 0 Å². The molecule has 0 atom stereocenters. The minimum absolute atomic E-state index is 0.757. The lowest BCUT2D eigenvalue weighted by Gasteiger charge is -2.33. The Morgan fingerprint density at radius 3 is 2.80 bits per heavy atom. The molecule has 2 fully saturated rings. The van der Waals surface area contributed by atoms with E-state index in [1.165, 1.54) is 32.2 Å². The number of aromatic nitrogens is 4. The van der Waals surface area contributed by atoms with Crippen molar-refractivity contribution < 1.29 is 0 Å². The van der Waals surface area contributed by atoms with Crippen molar-refractivity contribution in [3.63, 3.8) is 0 Å². The summed E-state index contributed by atoms with van der Waals surface area (Å²) >= 11 is 0. The van der Waals surface area contributed by atoms with Gasteiger partial charge in [-0.2, -0.15) is 0 Å². The standard InChI is InChI=1S/C14H20N6/c1-2-11(1)15-7-10-3-5-20(6-4-10)14-12-13(17-8-16-12)18-9-19-14/h8-11,15H,1-7H2,(H,16,17,18,19). The maximum Gasteiger partial charge on any atom is 0.182 e. The lowest BCUT2D eigenvalue weighted by molar-refractivity contribution is 0.381. The second kappa shape index (κ2) is 5.01. The minimum Gasteiger partial charge on any atom is -0.355 e. The molecule has 4 rings (SSSR count). The third kappa shape index (κ3) is 2.35. The zero-order valence-electron chi connectivity index (χ0n) is 11.5. The van der Waals surface area contributed by atoms with Crippen LogP contribution in [0.15, 0.2) is 12.7 Å². The van der Waals surface area contributed by atoms with Gasteiger partial charge in [0.05, 0.1) is 6.33 Å². The largest absolute Gasteiger partial charge is 0.355 e. The van der Waals surface area contributed by atoms with E-state index in [9.17, 15) is 0 Å². The van der Waals surface area contributed by atoms with E-state index in [0.29, 0.717) is 0 Å². The maximum atomic E-state index is 4.44. The first-order chi connectivity index (χ1) is 9.90. The zero-order valence-corrected chi connectivity index (χ0v) is 11.5. The Labute approximate surface area is 118 Å². The van der Waals surface area contributed by atoms with Gasteiger partial charge in [0, 0.05) is 19.1 Å². The summed E-state index contributed by atoms with van der Waals surface area (Å²) in [6.45, 7) is 3.33. The van der Waals surface area contributed by atoms with Crippen molar-refractivity contribution in [3.8, 4) is 0 Å². The SMILES string of the molecule is c1nc(N2CCC(CNC3CC3)CC2)c2[nH]cnc2n1. The number of H-pyrrole nitrogens is 1. The number of piperidine rings is 1. The van der Waals surface area contributed by atoms with E-state index in [0.717, 1.165) is 42.0 Å². The third-order valence-corrected chi connectivity index (χ3v) is 4.39. The monoisotopic (exact) mass is 272 g/mol. The summed E-state index contributed by atoms with van der Waals surface area (Å²) in [5, 5.41) is 3.65. The highest BCUT2D eigenvalue weighted by Crippen LogP contribution is 2.26. The number of aromatic amines is 1. The van der Waals surface area contributed by atoms with Crippen molar-refractivity contribution in [2.45, 2.75) is 31.7 Å². The Morgan fingerprint density at radius 2 is 2.00 bits per heavy atom. The summed E-state index contributed by atoms with van der Waals surface area (Å²) in [4.78, 5) is 18.3. The number of nitrogens with one attached hydrogen (secondary N) is 2. The van der Waals surface area contributed by atoms with Crippen LogP contribution in [0, 0.1) is 5.92 Å². The van der Waals surface area contributed by atoms with Crippen LogP contribution >= 0.6 is 0 Å². The van der Waals surface area contributed by atoms with Crippen LogP contribution in [-0.4, -0.2) is 45.6 Å². The second-order valence-corrected chi connectivity index (χ2v) is 5.91. The Bertz CT molecular complexity index is 582. The van der Waals surface area contributed by atoms with Gasteiger partial charge in [0.15, 0.2) is 11.5 Å². The molecule has 2 aliphatic rings. The van der Waals surface area contributed by atoms with E-state index in [1.807, 2.05) is 0 Å². The van der Waals surface area contributed by atoms with Crippen molar-refractivity contribution in [3.05, 3.63) is 12.7 Å². The fourth-order valence-electron chi connectivity index (χ4n) is 2.96. The molecule has 1 aliphatic heterocycles. The van der Waals surface area contributed by atoms with Gasteiger partial charge in [0.25, 0.3) is 0 Å². The highest BCUT2D eigenvalue weighted by atomic mass is 15.2. The quantitative estimate of drug-likeness (QED) is 0.878. The number of nitrogens with zero attached hydrogens (tertiary/aromatic N) is 4. The summed E-state index contributed by atoms with van der Waals surface area (Å²) in [5.74, 6) is 1.81. The normalized spacial score (nSPS) is 20.7. The molecule has 1 saturated carbocycles. The maximum absolute atomic E-state index is 4.44. The van der Waals surface area contributed by atoms with Crippen molar-refractivity contribution >= 4 is 17.0 Å². The van der Waals surface area contributed by atoms with E-state index in [4.69, 9.17) is 0 Å². The number of fused-ring (bicyclic) bond motifs is 1. The molecule has 6 nitrogen and oxygen atoms in total. The Morgan fingerprint density at radius 1 is 1.15 bits per heavy atom. The molecule has 0 unspecified atom stereocenters. The van der Waals surface area contributed by atoms with Gasteiger partial charge in [-0.05, 0) is 38.1 Å². The molecule has 106 valence electrons. The zero-order chi connectivity index (χ0) is 13.4. The minimum atomic E-state index is 0.757. The smallest absolute Gasteiger partial charge is 0.182 e. The molecule has 1 aliphatic carbocycles. The molecule has 0 spiro atoms. The first kappa shape index (κ1) is 12.1. The lowest BCUT2D eigenvalue weighted by atomic mass is 9.96. The summed E-state index contributed by atoms with van der Waals surface area (Å²) in [7, 11) is 0. The van der Waals surface area contributed by atoms with Crippen LogP contribution in [0.25, 0.3) is 11.2 Å². The van der Waals surface area contributed by atoms with Crippen LogP contribution in [0.2, 0.25) is 0 Å². The molecule has 2 aromatic heterocycles. The first-order valence-corrected chi connectivity index (χ1v) is 7.52. The average Bonchev–Trinajstić information content (AvgIpc) is 3.20. The highest BCUT2D eigenvalue weighted by Gasteiger charge is 2.25. The van der Waals surface area contributed by atoms with Gasteiger partial charge < -0.3 is 15.2 Å². The van der Waals surface area contributed by atoms with Gasteiger partial charge >= 0.3 is 0 Å². The number of imidazole rings is 1. The molecule has 1 saturated heterocycles. The Hall–Kier alpha value is -1.69. The first-order valence-electron chi connectivity index (χ1n) is 7.52. The molecule has 2 aromatic rings. The van der Waals surface area contributed by atoms with E-state index in [-0.39, 0.29) is 0 Å². The Balaban J connectivity index is 1.41. The molecule has 0 aromatic carbocycles. The molecular formula is C14H20N6. The number of hydrogen-bond donors (Lipinski definition) is 2. The molecule has 0 radical (unpaired) electrons. The van der Waals surface area contributed by atoms with Gasteiger partial charge in [-0.1, -0.05) is 0 Å². The van der Waals surface area contributed by atoms with Crippen LogP contribution in [0.4, 0.5) is 5.82 Å². The van der Waals surface area contributed by atoms with Crippen molar-refractivity contribution in [2.24, 2.45) is 5.92 Å². The molecule has 0 bridgehead atoms. The third-order valence-electron chi connectivity index (χ3n) is 4.39. The molecule has 0 amide bonds. The predicted octanol–water partition coefficient (Wildman–Crippen LogP) is 1.32. The predicted molar refractivity (Wildman–Crippen MR) is 77.6 cm³/mol. The van der Waals surface area contributed by atoms with Gasteiger partial charge in [-0.15, -0.1) is 0 Å². The summed E-state index contributed by atoms with van der Waals surface area (Å²) in [6.07, 6.45) is 8.52. The second-order valence-electron chi connectivity index (χ2n) is 5.91. The van der Waals surface area contributed by atoms with Crippen molar-refractivity contribution in [1.82, 2.24) is 25.3 Å². The number of hydrogen-bond acceptors (Lipinski definition) is 5. The van der Waals surface area contributed by atoms with Crippen LogP contribution in [0.3, 0.4) is 0 Å². The fourth-order valence-corrected chi connectivity index (χ4v) is 2.96. The van der Waals surface area contributed by atoms with Crippen LogP contribution in [0.1, 0.15) is 25.7 Å². The number of anilines is 1. The fraction of sp³-hybridized carbons (Fsp3) is 0.643. The molecule has 20 heavy (non-hydrogen) atoms.